The smallest absolute Gasteiger partial charge is 0.340 e. The van der Waals surface area contributed by atoms with Gasteiger partial charge in [0.15, 0.2) is 0 Å². The average Bonchev–Trinajstić information content (AvgIpc) is 3.07. The highest BCUT2D eigenvalue weighted by atomic mass is 16.5. The van der Waals surface area contributed by atoms with Gasteiger partial charge in [0.2, 0.25) is 5.91 Å². The second-order valence-electron chi connectivity index (χ2n) is 8.81. The maximum absolute atomic E-state index is 13.3. The first-order valence-corrected chi connectivity index (χ1v) is 11.2. The van der Waals surface area contributed by atoms with Gasteiger partial charge in [-0.3, -0.25) is 9.59 Å². The molecule has 0 unspecified atom stereocenters. The molecule has 1 saturated heterocycles. The van der Waals surface area contributed by atoms with E-state index in [1.807, 2.05) is 37.3 Å². The van der Waals surface area contributed by atoms with Gasteiger partial charge in [0, 0.05) is 18.8 Å². The molecule has 0 spiro atoms. The van der Waals surface area contributed by atoms with E-state index in [1.165, 1.54) is 0 Å². The van der Waals surface area contributed by atoms with Crippen LogP contribution in [0, 0.1) is 19.8 Å². The van der Waals surface area contributed by atoms with E-state index in [-0.39, 0.29) is 29.9 Å². The number of piperidine rings is 1. The lowest BCUT2D eigenvalue weighted by molar-refractivity contribution is -0.127. The summed E-state index contributed by atoms with van der Waals surface area (Å²) >= 11 is 0. The molecule has 1 aliphatic heterocycles. The number of H-pyrrole nitrogens is 1. The third-order valence-electron chi connectivity index (χ3n) is 5.94. The van der Waals surface area contributed by atoms with Crippen LogP contribution < -0.4 is 5.32 Å². The van der Waals surface area contributed by atoms with Crippen molar-refractivity contribution in [3.63, 3.8) is 0 Å². The van der Waals surface area contributed by atoms with Crippen LogP contribution in [0.1, 0.15) is 77.3 Å². The third-order valence-corrected chi connectivity index (χ3v) is 5.94. The number of benzene rings is 1. The quantitative estimate of drug-likeness (QED) is 0.667. The second kappa shape index (κ2) is 10.0. The minimum atomic E-state index is -0.434. The van der Waals surface area contributed by atoms with E-state index >= 15 is 0 Å². The molecule has 2 atom stereocenters. The fourth-order valence-corrected chi connectivity index (χ4v) is 4.23. The van der Waals surface area contributed by atoms with Gasteiger partial charge >= 0.3 is 5.97 Å². The summed E-state index contributed by atoms with van der Waals surface area (Å²) in [6.07, 6.45) is 1.26. The van der Waals surface area contributed by atoms with Gasteiger partial charge in [-0.05, 0) is 58.6 Å². The minimum Gasteiger partial charge on any atom is -0.459 e. The Balaban J connectivity index is 1.69. The summed E-state index contributed by atoms with van der Waals surface area (Å²) < 4.78 is 5.32. The number of esters is 1. The molecular formula is C25H33N3O4. The first-order chi connectivity index (χ1) is 15.2. The lowest BCUT2D eigenvalue weighted by Gasteiger charge is -2.32. The van der Waals surface area contributed by atoms with Crippen molar-refractivity contribution in [2.75, 3.05) is 13.1 Å². The van der Waals surface area contributed by atoms with Crippen LogP contribution in [0.15, 0.2) is 30.3 Å². The van der Waals surface area contributed by atoms with Crippen molar-refractivity contribution in [3.8, 4) is 0 Å². The molecule has 2 heterocycles. The molecule has 0 saturated carbocycles. The molecule has 1 fully saturated rings. The van der Waals surface area contributed by atoms with Crippen LogP contribution in [0.3, 0.4) is 0 Å². The molecule has 2 aromatic rings. The Kier molecular flexibility index (Phi) is 7.38. The van der Waals surface area contributed by atoms with Gasteiger partial charge in [-0.15, -0.1) is 0 Å². The van der Waals surface area contributed by atoms with E-state index in [4.69, 9.17) is 4.74 Å². The van der Waals surface area contributed by atoms with Crippen LogP contribution in [0.25, 0.3) is 0 Å². The van der Waals surface area contributed by atoms with Crippen LogP contribution in [0.2, 0.25) is 0 Å². The molecule has 0 radical (unpaired) electrons. The number of hydrogen-bond acceptors (Lipinski definition) is 4. The predicted octanol–water partition coefficient (Wildman–Crippen LogP) is 3.93. The normalized spacial score (nSPS) is 17.2. The van der Waals surface area contributed by atoms with Gasteiger partial charge in [0.05, 0.1) is 23.6 Å². The van der Waals surface area contributed by atoms with E-state index in [0.29, 0.717) is 35.6 Å². The highest BCUT2D eigenvalue weighted by Gasteiger charge is 2.32. The molecule has 2 N–H and O–H groups in total. The zero-order valence-corrected chi connectivity index (χ0v) is 19.5. The topological polar surface area (TPSA) is 91.5 Å². The summed E-state index contributed by atoms with van der Waals surface area (Å²) in [6, 6.07) is 9.72. The lowest BCUT2D eigenvalue weighted by atomic mass is 9.95. The Hall–Kier alpha value is -3.09. The van der Waals surface area contributed by atoms with Gasteiger partial charge in [-0.25, -0.2) is 4.79 Å². The summed E-state index contributed by atoms with van der Waals surface area (Å²) in [5.74, 6) is -0.932. The number of rotatable bonds is 6. The second-order valence-corrected chi connectivity index (χ2v) is 8.81. The summed E-state index contributed by atoms with van der Waals surface area (Å²) in [7, 11) is 0. The fraction of sp³-hybridized carbons (Fsp3) is 0.480. The number of amides is 2. The van der Waals surface area contributed by atoms with Crippen LogP contribution in [-0.4, -0.2) is 46.9 Å². The number of aromatic nitrogens is 1. The molecule has 7 heteroatoms. The Bertz CT molecular complexity index is 981. The van der Waals surface area contributed by atoms with Crippen LogP contribution in [0.4, 0.5) is 0 Å². The number of aryl methyl sites for hydroxylation is 1. The molecular weight excluding hydrogens is 406 g/mol. The number of carbonyl (C=O) groups is 3. The monoisotopic (exact) mass is 439 g/mol. The van der Waals surface area contributed by atoms with Crippen LogP contribution >= 0.6 is 0 Å². The summed E-state index contributed by atoms with van der Waals surface area (Å²) in [5.41, 5.74) is 3.03. The maximum atomic E-state index is 13.3. The van der Waals surface area contributed by atoms with Gasteiger partial charge in [0.1, 0.15) is 5.69 Å². The Morgan fingerprint density at radius 3 is 2.47 bits per heavy atom. The summed E-state index contributed by atoms with van der Waals surface area (Å²) in [4.78, 5) is 43.4. The molecule has 172 valence electrons. The number of aromatic amines is 1. The molecule has 2 amide bonds. The number of ether oxygens (including phenoxy) is 1. The fourth-order valence-electron chi connectivity index (χ4n) is 4.23. The van der Waals surface area contributed by atoms with Crippen molar-refractivity contribution < 1.29 is 19.1 Å². The van der Waals surface area contributed by atoms with E-state index < -0.39 is 5.97 Å². The molecule has 1 aromatic heterocycles. The van der Waals surface area contributed by atoms with E-state index in [2.05, 4.69) is 10.3 Å². The molecule has 3 rings (SSSR count). The van der Waals surface area contributed by atoms with Crippen LogP contribution in [0.5, 0.6) is 0 Å². The van der Waals surface area contributed by atoms with E-state index in [1.54, 1.807) is 32.6 Å². The number of nitrogens with zero attached hydrogens (tertiary/aromatic N) is 1. The maximum Gasteiger partial charge on any atom is 0.340 e. The van der Waals surface area contributed by atoms with Gasteiger partial charge in [-0.1, -0.05) is 30.3 Å². The van der Waals surface area contributed by atoms with Gasteiger partial charge in [-0.2, -0.15) is 0 Å². The number of nitrogens with one attached hydrogen (secondary N) is 2. The van der Waals surface area contributed by atoms with E-state index in [0.717, 1.165) is 18.4 Å². The average molecular weight is 440 g/mol. The molecule has 0 aliphatic carbocycles. The van der Waals surface area contributed by atoms with Crippen molar-refractivity contribution in [2.24, 2.45) is 5.92 Å². The summed E-state index contributed by atoms with van der Waals surface area (Å²) in [6.45, 7) is 10.00. The zero-order chi connectivity index (χ0) is 23.4. The van der Waals surface area contributed by atoms with Crippen molar-refractivity contribution in [1.29, 1.82) is 0 Å². The SMILES string of the molecule is Cc1[nH]c(C(=O)N2CCC[C@H](C(=O)N[C@H](C)c3ccccc3)C2)c(C)c1C(=O)OC(C)C. The minimum absolute atomic E-state index is 0.0422. The van der Waals surface area contributed by atoms with Crippen molar-refractivity contribution in [1.82, 2.24) is 15.2 Å². The van der Waals surface area contributed by atoms with E-state index in [9.17, 15) is 14.4 Å². The van der Waals surface area contributed by atoms with Crippen LogP contribution in [-0.2, 0) is 9.53 Å². The molecule has 0 bridgehead atoms. The van der Waals surface area contributed by atoms with Crippen molar-refractivity contribution in [3.05, 3.63) is 58.4 Å². The van der Waals surface area contributed by atoms with Gasteiger partial charge in [0.25, 0.3) is 5.91 Å². The molecule has 1 aliphatic rings. The summed E-state index contributed by atoms with van der Waals surface area (Å²) in [5, 5.41) is 3.08. The Morgan fingerprint density at radius 1 is 1.12 bits per heavy atom. The van der Waals surface area contributed by atoms with Crippen molar-refractivity contribution >= 4 is 17.8 Å². The van der Waals surface area contributed by atoms with Gasteiger partial charge < -0.3 is 19.9 Å². The molecule has 32 heavy (non-hydrogen) atoms. The largest absolute Gasteiger partial charge is 0.459 e. The third kappa shape index (κ3) is 5.21. The highest BCUT2D eigenvalue weighted by molar-refractivity contribution is 6.00. The first-order valence-electron chi connectivity index (χ1n) is 11.2. The number of carbonyl (C=O) groups excluding carboxylic acids is 3. The standard InChI is InChI=1S/C25H33N3O4/c1-15(2)32-25(31)21-16(3)22(26-18(21)5)24(30)28-13-9-12-20(14-28)23(29)27-17(4)19-10-7-6-8-11-19/h6-8,10-11,15,17,20,26H,9,12-14H2,1-5H3,(H,27,29)/t17-,20+/m1/s1. The molecule has 7 nitrogen and oxygen atoms in total. The predicted molar refractivity (Wildman–Crippen MR) is 122 cm³/mol. The van der Waals surface area contributed by atoms with Crippen molar-refractivity contribution in [2.45, 2.75) is 59.6 Å². The Labute approximate surface area is 189 Å². The highest BCUT2D eigenvalue weighted by Crippen LogP contribution is 2.24. The number of hydrogen-bond donors (Lipinski definition) is 2. The number of likely N-dealkylation sites (tertiary alicyclic amines) is 1. The molecule has 1 aromatic carbocycles. The first kappa shape index (κ1) is 23.6. The lowest BCUT2D eigenvalue weighted by Crippen LogP contribution is -2.46. The zero-order valence-electron chi connectivity index (χ0n) is 19.5. The Morgan fingerprint density at radius 2 is 1.81 bits per heavy atom.